The molecule has 0 radical (unpaired) electrons. The van der Waals surface area contributed by atoms with Crippen LogP contribution in [0.15, 0.2) is 12.3 Å². The molecule has 5 nitrogen and oxygen atoms in total. The lowest BCUT2D eigenvalue weighted by Gasteiger charge is -2.33. The fourth-order valence-corrected chi connectivity index (χ4v) is 3.46. The molecule has 0 aliphatic carbocycles. The summed E-state index contributed by atoms with van der Waals surface area (Å²) in [5, 5.41) is 0.419. The molecule has 2 aliphatic rings. The Kier molecular flexibility index (Phi) is 5.18. The van der Waals surface area contributed by atoms with Crippen molar-refractivity contribution in [3.63, 3.8) is 0 Å². The number of rotatable bonds is 3. The van der Waals surface area contributed by atoms with Gasteiger partial charge >= 0.3 is 0 Å². The van der Waals surface area contributed by atoms with Gasteiger partial charge in [-0.1, -0.05) is 23.2 Å². The zero-order chi connectivity index (χ0) is 15.5. The van der Waals surface area contributed by atoms with Crippen LogP contribution in [0.25, 0.3) is 0 Å². The summed E-state index contributed by atoms with van der Waals surface area (Å²) >= 11 is 12.1. The lowest BCUT2D eigenvalue weighted by molar-refractivity contribution is 0.0261. The molecule has 0 saturated carbocycles. The van der Waals surface area contributed by atoms with Crippen molar-refractivity contribution < 1.29 is 9.53 Å². The third kappa shape index (κ3) is 3.38. The number of carbonyl (C=O) groups is 1. The Morgan fingerprint density at radius 2 is 2.09 bits per heavy atom. The highest BCUT2D eigenvalue weighted by Gasteiger charge is 2.32. The van der Waals surface area contributed by atoms with Gasteiger partial charge in [0.25, 0.3) is 5.91 Å². The summed E-state index contributed by atoms with van der Waals surface area (Å²) < 4.78 is 5.38. The van der Waals surface area contributed by atoms with Crippen LogP contribution in [0, 0.1) is 0 Å². The molecule has 0 bridgehead atoms. The number of nitrogens with zero attached hydrogens (tertiary/aromatic N) is 3. The molecule has 120 valence electrons. The van der Waals surface area contributed by atoms with Crippen molar-refractivity contribution in [1.29, 1.82) is 0 Å². The van der Waals surface area contributed by atoms with Gasteiger partial charge in [0.15, 0.2) is 0 Å². The summed E-state index contributed by atoms with van der Waals surface area (Å²) in [4.78, 5) is 21.0. The summed E-state index contributed by atoms with van der Waals surface area (Å²) in [6.45, 7) is 5.06. The van der Waals surface area contributed by atoms with Gasteiger partial charge in [0.1, 0.15) is 5.15 Å². The largest absolute Gasteiger partial charge is 0.379 e. The minimum Gasteiger partial charge on any atom is -0.379 e. The first kappa shape index (κ1) is 16.0. The van der Waals surface area contributed by atoms with Gasteiger partial charge in [0, 0.05) is 38.4 Å². The van der Waals surface area contributed by atoms with Crippen LogP contribution in [0.3, 0.4) is 0 Å². The van der Waals surface area contributed by atoms with Gasteiger partial charge in [0.2, 0.25) is 0 Å². The van der Waals surface area contributed by atoms with E-state index in [1.807, 2.05) is 4.90 Å². The molecule has 2 saturated heterocycles. The van der Waals surface area contributed by atoms with E-state index < -0.39 is 0 Å². The zero-order valence-corrected chi connectivity index (χ0v) is 13.8. The first-order chi connectivity index (χ1) is 10.7. The fourth-order valence-electron chi connectivity index (χ4n) is 3.11. The van der Waals surface area contributed by atoms with Crippen LogP contribution in [0.4, 0.5) is 0 Å². The van der Waals surface area contributed by atoms with Gasteiger partial charge in [-0.05, 0) is 18.9 Å². The molecule has 22 heavy (non-hydrogen) atoms. The Hall–Kier alpha value is -0.880. The molecule has 7 heteroatoms. The van der Waals surface area contributed by atoms with E-state index in [4.69, 9.17) is 27.9 Å². The highest BCUT2D eigenvalue weighted by atomic mass is 35.5. The number of halogens is 2. The van der Waals surface area contributed by atoms with Gasteiger partial charge in [-0.25, -0.2) is 4.98 Å². The standard InChI is InChI=1S/C15H19Cl2N3O2/c16-13-12(3-4-18-14(13)17)15(21)20-5-1-2-11(20)10-19-6-8-22-9-7-19/h3-4,11H,1-2,5-10H2/t11-/m1/s1. The number of amides is 1. The van der Waals surface area contributed by atoms with Crippen LogP contribution in [0.1, 0.15) is 23.2 Å². The average Bonchev–Trinajstić information content (AvgIpc) is 2.98. The maximum Gasteiger partial charge on any atom is 0.255 e. The first-order valence-electron chi connectivity index (χ1n) is 7.58. The molecule has 0 aromatic carbocycles. The van der Waals surface area contributed by atoms with E-state index in [-0.39, 0.29) is 22.1 Å². The van der Waals surface area contributed by atoms with Crippen molar-refractivity contribution in [1.82, 2.24) is 14.8 Å². The molecule has 1 aromatic rings. The molecule has 1 atom stereocenters. The highest BCUT2D eigenvalue weighted by molar-refractivity contribution is 6.43. The minimum atomic E-state index is -0.0509. The molecule has 3 heterocycles. The second kappa shape index (κ2) is 7.13. The molecular weight excluding hydrogens is 325 g/mol. The van der Waals surface area contributed by atoms with E-state index in [0.29, 0.717) is 5.56 Å². The van der Waals surface area contributed by atoms with Crippen molar-refractivity contribution in [3.8, 4) is 0 Å². The Morgan fingerprint density at radius 1 is 1.32 bits per heavy atom. The Balaban J connectivity index is 1.71. The van der Waals surface area contributed by atoms with Crippen LogP contribution in [0.5, 0.6) is 0 Å². The second-order valence-corrected chi connectivity index (χ2v) is 6.41. The number of ether oxygens (including phenoxy) is 1. The van der Waals surface area contributed by atoms with Gasteiger partial charge in [-0.3, -0.25) is 9.69 Å². The van der Waals surface area contributed by atoms with Gasteiger partial charge in [-0.15, -0.1) is 0 Å². The van der Waals surface area contributed by atoms with Crippen molar-refractivity contribution >= 4 is 29.1 Å². The Bertz CT molecular complexity index is 550. The monoisotopic (exact) mass is 343 g/mol. The van der Waals surface area contributed by atoms with Crippen LogP contribution in [-0.4, -0.2) is 66.1 Å². The van der Waals surface area contributed by atoms with E-state index in [1.165, 1.54) is 6.20 Å². The van der Waals surface area contributed by atoms with Crippen molar-refractivity contribution in [2.24, 2.45) is 0 Å². The van der Waals surface area contributed by atoms with Crippen LogP contribution in [-0.2, 0) is 4.74 Å². The average molecular weight is 344 g/mol. The lowest BCUT2D eigenvalue weighted by Crippen LogP contribution is -2.46. The maximum atomic E-state index is 12.8. The number of likely N-dealkylation sites (tertiary alicyclic amines) is 1. The molecular formula is C15H19Cl2N3O2. The van der Waals surface area contributed by atoms with E-state index in [0.717, 1.165) is 52.2 Å². The van der Waals surface area contributed by atoms with E-state index in [9.17, 15) is 4.79 Å². The summed E-state index contributed by atoms with van der Waals surface area (Å²) in [6, 6.07) is 1.87. The van der Waals surface area contributed by atoms with E-state index in [2.05, 4.69) is 9.88 Å². The molecule has 0 N–H and O–H groups in total. The summed E-state index contributed by atoms with van der Waals surface area (Å²) in [7, 11) is 0. The fraction of sp³-hybridized carbons (Fsp3) is 0.600. The van der Waals surface area contributed by atoms with Crippen molar-refractivity contribution in [2.75, 3.05) is 39.4 Å². The second-order valence-electron chi connectivity index (χ2n) is 5.67. The molecule has 1 amide bonds. The summed E-state index contributed by atoms with van der Waals surface area (Å²) in [5.74, 6) is -0.0509. The summed E-state index contributed by atoms with van der Waals surface area (Å²) in [5.41, 5.74) is 0.440. The number of morpholine rings is 1. The van der Waals surface area contributed by atoms with Crippen molar-refractivity contribution in [2.45, 2.75) is 18.9 Å². The molecule has 3 rings (SSSR count). The van der Waals surface area contributed by atoms with Crippen LogP contribution < -0.4 is 0 Å². The normalized spacial score (nSPS) is 23.0. The van der Waals surface area contributed by atoms with Crippen LogP contribution in [0.2, 0.25) is 10.2 Å². The zero-order valence-electron chi connectivity index (χ0n) is 12.3. The SMILES string of the molecule is O=C(c1ccnc(Cl)c1Cl)N1CCC[C@@H]1CN1CCOCC1. The highest BCUT2D eigenvalue weighted by Crippen LogP contribution is 2.27. The lowest BCUT2D eigenvalue weighted by atomic mass is 10.1. The van der Waals surface area contributed by atoms with Gasteiger partial charge < -0.3 is 9.64 Å². The van der Waals surface area contributed by atoms with E-state index in [1.54, 1.807) is 6.07 Å². The number of aromatic nitrogens is 1. The third-order valence-electron chi connectivity index (χ3n) is 4.29. The topological polar surface area (TPSA) is 45.7 Å². The Morgan fingerprint density at radius 3 is 2.86 bits per heavy atom. The van der Waals surface area contributed by atoms with Crippen molar-refractivity contribution in [3.05, 3.63) is 28.0 Å². The quantitative estimate of drug-likeness (QED) is 0.790. The number of pyridine rings is 1. The number of hydrogen-bond donors (Lipinski definition) is 0. The molecule has 0 spiro atoms. The van der Waals surface area contributed by atoms with Gasteiger partial charge in [0.05, 0.1) is 23.8 Å². The predicted octanol–water partition coefficient (Wildman–Crippen LogP) is 2.33. The molecule has 2 fully saturated rings. The number of hydrogen-bond acceptors (Lipinski definition) is 4. The Labute approximate surface area is 140 Å². The summed E-state index contributed by atoms with van der Waals surface area (Å²) in [6.07, 6.45) is 3.57. The molecule has 1 aromatic heterocycles. The van der Waals surface area contributed by atoms with Gasteiger partial charge in [-0.2, -0.15) is 0 Å². The van der Waals surface area contributed by atoms with E-state index >= 15 is 0 Å². The predicted molar refractivity (Wildman–Crippen MR) is 85.6 cm³/mol. The maximum absolute atomic E-state index is 12.8. The third-order valence-corrected chi connectivity index (χ3v) is 5.05. The number of carbonyl (C=O) groups excluding carboxylic acids is 1. The first-order valence-corrected chi connectivity index (χ1v) is 8.33. The molecule has 0 unspecified atom stereocenters. The minimum absolute atomic E-state index is 0.0509. The van der Waals surface area contributed by atoms with Crippen LogP contribution >= 0.6 is 23.2 Å². The smallest absolute Gasteiger partial charge is 0.255 e. The molecule has 2 aliphatic heterocycles.